The van der Waals surface area contributed by atoms with Crippen molar-refractivity contribution in [3.8, 4) is 0 Å². The monoisotopic (exact) mass is 334 g/mol. The minimum absolute atomic E-state index is 0.468. The molecule has 1 saturated heterocycles. The van der Waals surface area contributed by atoms with E-state index in [1.807, 2.05) is 29.2 Å². The molecule has 0 saturated carbocycles. The molecule has 8 nitrogen and oxygen atoms in total. The van der Waals surface area contributed by atoms with Crippen LogP contribution in [0.1, 0.15) is 0 Å². The van der Waals surface area contributed by atoms with Crippen molar-refractivity contribution in [3.63, 3.8) is 0 Å². The fraction of sp³-hybridized carbons (Fsp3) is 0.357. The molecule has 1 aliphatic heterocycles. The van der Waals surface area contributed by atoms with Gasteiger partial charge < -0.3 is 10.2 Å². The first-order chi connectivity index (χ1) is 11.0. The van der Waals surface area contributed by atoms with Crippen LogP contribution in [0.3, 0.4) is 0 Å². The molecule has 0 radical (unpaired) electrons. The van der Waals surface area contributed by atoms with Gasteiger partial charge in [-0.05, 0) is 24.3 Å². The van der Waals surface area contributed by atoms with Gasteiger partial charge in [0.05, 0.1) is 18.1 Å². The maximum Gasteiger partial charge on any atom is 0.211 e. The molecule has 0 aliphatic carbocycles. The Labute approximate surface area is 135 Å². The van der Waals surface area contributed by atoms with Gasteiger partial charge in [-0.1, -0.05) is 0 Å². The largest absolute Gasteiger partial charge is 0.352 e. The lowest BCUT2D eigenvalue weighted by atomic mass is 10.3. The molecule has 1 fully saturated rings. The molecule has 0 aromatic carbocycles. The molecule has 3 heterocycles. The van der Waals surface area contributed by atoms with Crippen molar-refractivity contribution in [2.75, 3.05) is 42.7 Å². The maximum atomic E-state index is 11.5. The van der Waals surface area contributed by atoms with Gasteiger partial charge in [0.2, 0.25) is 10.0 Å². The van der Waals surface area contributed by atoms with Gasteiger partial charge in [0.15, 0.2) is 11.6 Å². The molecule has 0 amide bonds. The third-order valence-electron chi connectivity index (χ3n) is 3.62. The van der Waals surface area contributed by atoms with Crippen molar-refractivity contribution in [2.24, 2.45) is 0 Å². The van der Waals surface area contributed by atoms with Crippen molar-refractivity contribution in [2.45, 2.75) is 0 Å². The minimum Gasteiger partial charge on any atom is -0.352 e. The Hall–Kier alpha value is -2.26. The Morgan fingerprint density at radius 1 is 1.09 bits per heavy atom. The maximum absolute atomic E-state index is 11.5. The molecular formula is C14H18N6O2S. The standard InChI is InChI=1S/C14H18N6O2S/c1-23(21,22)20-9-7-19(8-10-20)14-5-4-13(17-18-14)16-12-3-2-6-15-11-12/h2-6,11H,7-10H2,1H3,(H,16,17). The fourth-order valence-corrected chi connectivity index (χ4v) is 3.22. The normalized spacial score (nSPS) is 16.3. The van der Waals surface area contributed by atoms with E-state index in [1.165, 1.54) is 10.6 Å². The van der Waals surface area contributed by atoms with Crippen molar-refractivity contribution in [1.82, 2.24) is 19.5 Å². The number of aromatic nitrogens is 3. The highest BCUT2D eigenvalue weighted by atomic mass is 32.2. The molecular weight excluding hydrogens is 316 g/mol. The second-order valence-corrected chi connectivity index (χ2v) is 7.27. The van der Waals surface area contributed by atoms with Crippen LogP contribution in [-0.4, -0.2) is 60.3 Å². The number of sulfonamides is 1. The Morgan fingerprint density at radius 2 is 1.87 bits per heavy atom. The molecule has 0 spiro atoms. The minimum atomic E-state index is -3.12. The predicted molar refractivity (Wildman–Crippen MR) is 88.2 cm³/mol. The Morgan fingerprint density at radius 3 is 2.43 bits per heavy atom. The second kappa shape index (κ2) is 6.47. The van der Waals surface area contributed by atoms with Gasteiger partial charge in [-0.3, -0.25) is 4.98 Å². The van der Waals surface area contributed by atoms with Crippen molar-refractivity contribution in [1.29, 1.82) is 0 Å². The zero-order chi connectivity index (χ0) is 16.3. The molecule has 2 aromatic rings. The zero-order valence-corrected chi connectivity index (χ0v) is 13.6. The molecule has 0 unspecified atom stereocenters. The number of anilines is 3. The predicted octanol–water partition coefficient (Wildman–Crippen LogP) is 0.697. The highest BCUT2D eigenvalue weighted by Gasteiger charge is 2.24. The number of nitrogens with one attached hydrogen (secondary N) is 1. The topological polar surface area (TPSA) is 91.3 Å². The molecule has 9 heteroatoms. The van der Waals surface area contributed by atoms with Crippen LogP contribution in [-0.2, 0) is 10.0 Å². The molecule has 2 aromatic heterocycles. The lowest BCUT2D eigenvalue weighted by Gasteiger charge is -2.33. The van der Waals surface area contributed by atoms with Crippen LogP contribution in [0.4, 0.5) is 17.3 Å². The summed E-state index contributed by atoms with van der Waals surface area (Å²) in [6.45, 7) is 2.15. The smallest absolute Gasteiger partial charge is 0.211 e. The van der Waals surface area contributed by atoms with Crippen LogP contribution < -0.4 is 10.2 Å². The van der Waals surface area contributed by atoms with Gasteiger partial charge in [-0.15, -0.1) is 10.2 Å². The van der Waals surface area contributed by atoms with E-state index >= 15 is 0 Å². The van der Waals surface area contributed by atoms with Crippen LogP contribution in [0.15, 0.2) is 36.7 Å². The number of nitrogens with zero attached hydrogens (tertiary/aromatic N) is 5. The van der Waals surface area contributed by atoms with Gasteiger partial charge in [0.1, 0.15) is 0 Å². The first-order valence-corrected chi connectivity index (χ1v) is 9.08. The van der Waals surface area contributed by atoms with Crippen LogP contribution in [0.2, 0.25) is 0 Å². The molecule has 23 heavy (non-hydrogen) atoms. The van der Waals surface area contributed by atoms with E-state index in [9.17, 15) is 8.42 Å². The number of rotatable bonds is 4. The highest BCUT2D eigenvalue weighted by molar-refractivity contribution is 7.88. The average molecular weight is 334 g/mol. The van der Waals surface area contributed by atoms with Crippen molar-refractivity contribution in [3.05, 3.63) is 36.7 Å². The van der Waals surface area contributed by atoms with Crippen molar-refractivity contribution < 1.29 is 8.42 Å². The van der Waals surface area contributed by atoms with Gasteiger partial charge in [-0.2, -0.15) is 4.31 Å². The van der Waals surface area contributed by atoms with Gasteiger partial charge in [-0.25, -0.2) is 8.42 Å². The first-order valence-electron chi connectivity index (χ1n) is 7.23. The number of pyridine rings is 1. The summed E-state index contributed by atoms with van der Waals surface area (Å²) in [6.07, 6.45) is 4.65. The quantitative estimate of drug-likeness (QED) is 0.880. The summed E-state index contributed by atoms with van der Waals surface area (Å²) < 4.78 is 24.5. The Balaban J connectivity index is 1.62. The second-order valence-electron chi connectivity index (χ2n) is 5.29. The summed E-state index contributed by atoms with van der Waals surface area (Å²) in [5.74, 6) is 1.38. The Bertz CT molecular complexity index is 743. The summed E-state index contributed by atoms with van der Waals surface area (Å²) in [6, 6.07) is 7.46. The highest BCUT2D eigenvalue weighted by Crippen LogP contribution is 2.17. The Kier molecular flexibility index (Phi) is 4.39. The van der Waals surface area contributed by atoms with Crippen LogP contribution >= 0.6 is 0 Å². The third kappa shape index (κ3) is 3.93. The van der Waals surface area contributed by atoms with E-state index in [-0.39, 0.29) is 0 Å². The average Bonchev–Trinajstić information content (AvgIpc) is 2.56. The molecule has 0 bridgehead atoms. The fourth-order valence-electron chi connectivity index (χ4n) is 2.39. The van der Waals surface area contributed by atoms with Gasteiger partial charge in [0.25, 0.3) is 0 Å². The molecule has 122 valence electrons. The summed E-state index contributed by atoms with van der Waals surface area (Å²) in [7, 11) is -3.12. The summed E-state index contributed by atoms with van der Waals surface area (Å²) in [5, 5.41) is 11.5. The summed E-state index contributed by atoms with van der Waals surface area (Å²) >= 11 is 0. The van der Waals surface area contributed by atoms with E-state index in [0.29, 0.717) is 32.0 Å². The van der Waals surface area contributed by atoms with E-state index in [1.54, 1.807) is 12.4 Å². The lowest BCUT2D eigenvalue weighted by Crippen LogP contribution is -2.48. The lowest BCUT2D eigenvalue weighted by molar-refractivity contribution is 0.386. The summed E-state index contributed by atoms with van der Waals surface area (Å²) in [5.41, 5.74) is 0.844. The molecule has 3 rings (SSSR count). The molecule has 1 aliphatic rings. The SMILES string of the molecule is CS(=O)(=O)N1CCN(c2ccc(Nc3cccnc3)nn2)CC1. The third-order valence-corrected chi connectivity index (χ3v) is 4.92. The molecule has 0 atom stereocenters. The van der Waals surface area contributed by atoms with E-state index < -0.39 is 10.0 Å². The zero-order valence-electron chi connectivity index (χ0n) is 12.8. The van der Waals surface area contributed by atoms with E-state index in [4.69, 9.17) is 0 Å². The van der Waals surface area contributed by atoms with E-state index in [2.05, 4.69) is 20.5 Å². The van der Waals surface area contributed by atoms with Crippen molar-refractivity contribution >= 4 is 27.3 Å². The van der Waals surface area contributed by atoms with E-state index in [0.717, 1.165) is 11.5 Å². The number of hydrogen-bond acceptors (Lipinski definition) is 7. The van der Waals surface area contributed by atoms with Gasteiger partial charge in [0, 0.05) is 32.4 Å². The number of piperazine rings is 1. The molecule has 1 N–H and O–H groups in total. The van der Waals surface area contributed by atoms with Crippen LogP contribution in [0.5, 0.6) is 0 Å². The van der Waals surface area contributed by atoms with Gasteiger partial charge >= 0.3 is 0 Å². The van der Waals surface area contributed by atoms with Crippen LogP contribution in [0, 0.1) is 0 Å². The summed E-state index contributed by atoms with van der Waals surface area (Å²) in [4.78, 5) is 6.06. The first kappa shape index (κ1) is 15.6. The van der Waals surface area contributed by atoms with Crippen LogP contribution in [0.25, 0.3) is 0 Å². The number of hydrogen-bond donors (Lipinski definition) is 1.